The number of aromatic hydroxyl groups is 1. The van der Waals surface area contributed by atoms with Gasteiger partial charge >= 0.3 is 11.4 Å². The van der Waals surface area contributed by atoms with E-state index in [1.54, 1.807) is 0 Å². The van der Waals surface area contributed by atoms with Gasteiger partial charge in [0.05, 0.1) is 26.9 Å². The number of nitro benzene ring substituents is 3. The number of hydrogen-bond donors (Lipinski definition) is 1. The molecule has 0 saturated carbocycles. The third kappa shape index (κ3) is 5.43. The second-order valence-electron chi connectivity index (χ2n) is 4.95. The summed E-state index contributed by atoms with van der Waals surface area (Å²) < 4.78 is 0. The highest BCUT2D eigenvalue weighted by Crippen LogP contribution is 2.38. The number of rotatable bonds is 5. The molecule has 1 heterocycles. The quantitative estimate of drug-likeness (QED) is 0.616. The van der Waals surface area contributed by atoms with E-state index in [0.29, 0.717) is 12.1 Å². The first-order chi connectivity index (χ1) is 12.2. The number of phenols is 1. The van der Waals surface area contributed by atoms with Crippen LogP contribution in [0.1, 0.15) is 24.9 Å². The fourth-order valence-electron chi connectivity index (χ4n) is 1.87. The van der Waals surface area contributed by atoms with Crippen LogP contribution in [-0.2, 0) is 6.42 Å². The number of benzene rings is 1. The van der Waals surface area contributed by atoms with Crippen LogP contribution in [0.5, 0.6) is 5.75 Å². The van der Waals surface area contributed by atoms with Crippen molar-refractivity contribution in [2.24, 2.45) is 0 Å². The van der Waals surface area contributed by atoms with E-state index in [1.165, 1.54) is 0 Å². The van der Waals surface area contributed by atoms with E-state index >= 15 is 0 Å². The molecule has 0 fully saturated rings. The van der Waals surface area contributed by atoms with Crippen molar-refractivity contribution in [3.8, 4) is 5.75 Å². The summed E-state index contributed by atoms with van der Waals surface area (Å²) >= 11 is 0. The van der Waals surface area contributed by atoms with E-state index < -0.39 is 37.6 Å². The smallest absolute Gasteiger partial charge is 0.324 e. The first-order valence-electron chi connectivity index (χ1n) is 7.26. The van der Waals surface area contributed by atoms with Gasteiger partial charge < -0.3 is 5.11 Å². The van der Waals surface area contributed by atoms with Crippen molar-refractivity contribution in [1.29, 1.82) is 0 Å². The third-order valence-corrected chi connectivity index (χ3v) is 3.00. The first kappa shape index (κ1) is 20.3. The lowest BCUT2D eigenvalue weighted by molar-refractivity contribution is -0.404. The average molecular weight is 365 g/mol. The van der Waals surface area contributed by atoms with Crippen LogP contribution in [0, 0.1) is 37.3 Å². The van der Waals surface area contributed by atoms with Crippen molar-refractivity contribution in [3.05, 3.63) is 66.3 Å². The van der Waals surface area contributed by atoms with Crippen LogP contribution < -0.4 is 0 Å². The Labute approximate surface area is 146 Å². The highest BCUT2D eigenvalue weighted by molar-refractivity contribution is 5.64. The Kier molecular flexibility index (Phi) is 7.01. The number of hydrogen-bond acceptors (Lipinski definition) is 9. The lowest BCUT2D eigenvalue weighted by Crippen LogP contribution is -1.97. The monoisotopic (exact) mass is 365 g/mol. The molecule has 12 nitrogen and oxygen atoms in total. The minimum atomic E-state index is -1.21. The second kappa shape index (κ2) is 8.96. The van der Waals surface area contributed by atoms with Gasteiger partial charge in [0.2, 0.25) is 0 Å². The Morgan fingerprint density at radius 1 is 1.04 bits per heavy atom. The molecule has 12 heteroatoms. The highest BCUT2D eigenvalue weighted by atomic mass is 16.6. The van der Waals surface area contributed by atoms with E-state index in [1.807, 2.05) is 19.2 Å². The summed E-state index contributed by atoms with van der Waals surface area (Å²) in [4.78, 5) is 36.0. The molecule has 0 aliphatic heterocycles. The summed E-state index contributed by atoms with van der Waals surface area (Å²) in [5, 5.41) is 40.2. The molecule has 138 valence electrons. The molecule has 1 aromatic carbocycles. The van der Waals surface area contributed by atoms with Crippen LogP contribution in [0.3, 0.4) is 0 Å². The predicted molar refractivity (Wildman–Crippen MR) is 88.8 cm³/mol. The molecule has 0 saturated heterocycles. The maximum absolute atomic E-state index is 10.4. The van der Waals surface area contributed by atoms with Gasteiger partial charge in [-0.3, -0.25) is 30.3 Å². The fraction of sp³-hybridized carbons (Fsp3) is 0.286. The van der Waals surface area contributed by atoms with Crippen LogP contribution in [-0.4, -0.2) is 29.8 Å². The van der Waals surface area contributed by atoms with E-state index in [4.69, 9.17) is 5.11 Å². The SMILES string of the molecule is CCCc1ccnc(C)n1.O=[N+]([O-])c1cc([N+](=O)[O-])c(O)c([N+](=O)[O-])c1. The molecule has 0 atom stereocenters. The molecule has 0 spiro atoms. The Balaban J connectivity index is 0.000000289. The molecule has 0 amide bonds. The fourth-order valence-corrected chi connectivity index (χ4v) is 1.87. The summed E-state index contributed by atoms with van der Waals surface area (Å²) in [6, 6.07) is 2.86. The van der Waals surface area contributed by atoms with Crippen LogP contribution in [0.2, 0.25) is 0 Å². The number of phenolic OH excluding ortho intramolecular Hbond substituents is 1. The van der Waals surface area contributed by atoms with Crippen molar-refractivity contribution < 1.29 is 19.9 Å². The minimum absolute atomic E-state index is 0.447. The summed E-state index contributed by atoms with van der Waals surface area (Å²) in [7, 11) is 0. The number of nitro groups is 3. The number of aromatic nitrogens is 2. The number of nitrogens with zero attached hydrogens (tertiary/aromatic N) is 5. The maximum atomic E-state index is 10.4. The van der Waals surface area contributed by atoms with Crippen molar-refractivity contribution in [2.75, 3.05) is 0 Å². The van der Waals surface area contributed by atoms with Gasteiger partial charge in [0, 0.05) is 11.9 Å². The standard InChI is InChI=1S/C8H12N2.C6H3N3O7/c1-3-4-8-5-6-9-7(2)10-8;10-6-4(8(13)14)1-3(7(11)12)2-5(6)9(15)16/h5-6H,3-4H2,1-2H3;1-2,10H. The van der Waals surface area contributed by atoms with Gasteiger partial charge in [-0.2, -0.15) is 0 Å². The van der Waals surface area contributed by atoms with E-state index in [0.717, 1.165) is 24.4 Å². The number of aryl methyl sites for hydroxylation is 2. The number of non-ortho nitro benzene ring substituents is 1. The maximum Gasteiger partial charge on any atom is 0.324 e. The van der Waals surface area contributed by atoms with E-state index in [9.17, 15) is 30.3 Å². The van der Waals surface area contributed by atoms with Gasteiger partial charge in [0.1, 0.15) is 5.82 Å². The molecule has 0 aliphatic carbocycles. The van der Waals surface area contributed by atoms with Crippen LogP contribution in [0.15, 0.2) is 24.4 Å². The Hall–Kier alpha value is -3.70. The molecule has 1 aromatic heterocycles. The average Bonchev–Trinajstić information content (AvgIpc) is 2.55. The summed E-state index contributed by atoms with van der Waals surface area (Å²) in [6.45, 7) is 4.07. The van der Waals surface area contributed by atoms with Gasteiger partial charge in [-0.1, -0.05) is 13.3 Å². The van der Waals surface area contributed by atoms with Crippen molar-refractivity contribution >= 4 is 17.1 Å². The molecule has 0 radical (unpaired) electrons. The van der Waals surface area contributed by atoms with Gasteiger partial charge in [-0.05, 0) is 19.4 Å². The van der Waals surface area contributed by atoms with Gasteiger partial charge in [0.15, 0.2) is 0 Å². The summed E-state index contributed by atoms with van der Waals surface area (Å²) in [6.07, 6.45) is 4.02. The molecular formula is C14H15N5O7. The summed E-state index contributed by atoms with van der Waals surface area (Å²) in [5.41, 5.74) is -1.85. The first-order valence-corrected chi connectivity index (χ1v) is 7.26. The van der Waals surface area contributed by atoms with E-state index in [-0.39, 0.29) is 0 Å². The Bertz CT molecular complexity index is 805. The molecule has 1 N–H and O–H groups in total. The molecule has 0 aliphatic rings. The van der Waals surface area contributed by atoms with Gasteiger partial charge in [-0.15, -0.1) is 0 Å². The molecule has 2 rings (SSSR count). The molecule has 2 aromatic rings. The van der Waals surface area contributed by atoms with Gasteiger partial charge in [0.25, 0.3) is 11.4 Å². The lowest BCUT2D eigenvalue weighted by atomic mass is 10.2. The second-order valence-corrected chi connectivity index (χ2v) is 4.95. The highest BCUT2D eigenvalue weighted by Gasteiger charge is 2.30. The largest absolute Gasteiger partial charge is 0.497 e. The Morgan fingerprint density at radius 3 is 1.96 bits per heavy atom. The van der Waals surface area contributed by atoms with Crippen molar-refractivity contribution in [3.63, 3.8) is 0 Å². The van der Waals surface area contributed by atoms with Crippen molar-refractivity contribution in [2.45, 2.75) is 26.7 Å². The van der Waals surface area contributed by atoms with Crippen LogP contribution in [0.25, 0.3) is 0 Å². The van der Waals surface area contributed by atoms with Crippen molar-refractivity contribution in [1.82, 2.24) is 9.97 Å². The van der Waals surface area contributed by atoms with Crippen LogP contribution in [0.4, 0.5) is 17.1 Å². The molecular weight excluding hydrogens is 350 g/mol. The zero-order chi connectivity index (χ0) is 19.9. The topological polar surface area (TPSA) is 175 Å². The zero-order valence-electron chi connectivity index (χ0n) is 13.9. The molecule has 0 bridgehead atoms. The van der Waals surface area contributed by atoms with Crippen LogP contribution >= 0.6 is 0 Å². The Morgan fingerprint density at radius 2 is 1.58 bits per heavy atom. The summed E-state index contributed by atoms with van der Waals surface area (Å²) in [5.74, 6) is -0.341. The van der Waals surface area contributed by atoms with Gasteiger partial charge in [-0.25, -0.2) is 9.97 Å². The molecule has 26 heavy (non-hydrogen) atoms. The molecule has 0 unspecified atom stereocenters. The third-order valence-electron chi connectivity index (χ3n) is 3.00. The van der Waals surface area contributed by atoms with E-state index in [2.05, 4.69) is 16.9 Å². The predicted octanol–water partition coefficient (Wildman–Crippen LogP) is 2.85. The zero-order valence-corrected chi connectivity index (χ0v) is 13.9. The normalized spacial score (nSPS) is 9.77. The lowest BCUT2D eigenvalue weighted by Gasteiger charge is -1.97. The minimum Gasteiger partial charge on any atom is -0.497 e.